The lowest BCUT2D eigenvalue weighted by molar-refractivity contribution is 0.681. The third-order valence-electron chi connectivity index (χ3n) is 2.49. The second kappa shape index (κ2) is 5.63. The number of hydrogen-bond acceptors (Lipinski definition) is 4. The predicted molar refractivity (Wildman–Crippen MR) is 75.0 cm³/mol. The van der Waals surface area contributed by atoms with Crippen molar-refractivity contribution in [2.75, 3.05) is 5.73 Å². The molecule has 0 spiro atoms. The van der Waals surface area contributed by atoms with Gasteiger partial charge in [-0.15, -0.1) is 0 Å². The molecule has 6 heteroatoms. The van der Waals surface area contributed by atoms with E-state index >= 15 is 0 Å². The van der Waals surface area contributed by atoms with Gasteiger partial charge in [0.2, 0.25) is 0 Å². The Bertz CT molecular complexity index is 536. The van der Waals surface area contributed by atoms with Gasteiger partial charge in [0.15, 0.2) is 0 Å². The molecule has 0 fully saturated rings. The van der Waals surface area contributed by atoms with Gasteiger partial charge in [-0.25, -0.2) is 4.98 Å². The van der Waals surface area contributed by atoms with Crippen LogP contribution in [0.2, 0.25) is 5.02 Å². The lowest BCUT2D eigenvalue weighted by Crippen LogP contribution is -1.94. The Labute approximate surface area is 116 Å². The number of anilines is 1. The van der Waals surface area contributed by atoms with Crippen molar-refractivity contribution in [1.29, 1.82) is 0 Å². The molecule has 2 aromatic rings. The predicted octanol–water partition coefficient (Wildman–Crippen LogP) is 3.15. The van der Waals surface area contributed by atoms with Gasteiger partial charge >= 0.3 is 0 Å². The lowest BCUT2D eigenvalue weighted by atomic mass is 10.2. The first-order chi connectivity index (χ1) is 8.61. The van der Waals surface area contributed by atoms with Crippen molar-refractivity contribution in [3.63, 3.8) is 0 Å². The Kier molecular flexibility index (Phi) is 4.14. The Morgan fingerprint density at radius 2 is 2.22 bits per heavy atom. The summed E-state index contributed by atoms with van der Waals surface area (Å²) in [5.74, 6) is 0. The van der Waals surface area contributed by atoms with Crippen LogP contribution < -0.4 is 5.73 Å². The van der Waals surface area contributed by atoms with E-state index in [0.29, 0.717) is 5.02 Å². The summed E-state index contributed by atoms with van der Waals surface area (Å²) in [5, 5.41) is 6.84. The zero-order valence-electron chi connectivity index (χ0n) is 10.4. The summed E-state index contributed by atoms with van der Waals surface area (Å²) >= 11 is 7.31. The Morgan fingerprint density at radius 3 is 2.83 bits per heavy atom. The number of pyridine rings is 1. The number of hydrogen-bond donors (Lipinski definition) is 1. The summed E-state index contributed by atoms with van der Waals surface area (Å²) in [6, 6.07) is 3.69. The molecule has 18 heavy (non-hydrogen) atoms. The van der Waals surface area contributed by atoms with E-state index in [0.717, 1.165) is 34.3 Å². The topological polar surface area (TPSA) is 56.7 Å². The molecule has 0 aromatic carbocycles. The standard InChI is InChI=1S/C12H15ClN4S/c1-3-4-9-11(14)12(17(2)16-9)18-10-6-5-8(13)7-15-10/h5-7H,3-4,14H2,1-2H3. The summed E-state index contributed by atoms with van der Waals surface area (Å²) in [5.41, 5.74) is 7.82. The lowest BCUT2D eigenvalue weighted by Gasteiger charge is -2.02. The Balaban J connectivity index is 2.26. The van der Waals surface area contributed by atoms with Gasteiger partial charge in [-0.1, -0.05) is 24.9 Å². The molecule has 96 valence electrons. The monoisotopic (exact) mass is 282 g/mol. The van der Waals surface area contributed by atoms with Crippen LogP contribution in [0.3, 0.4) is 0 Å². The average Bonchev–Trinajstić information content (AvgIpc) is 2.60. The molecule has 0 aliphatic carbocycles. The molecule has 0 radical (unpaired) electrons. The third kappa shape index (κ3) is 2.79. The van der Waals surface area contributed by atoms with Crippen molar-refractivity contribution in [3.05, 3.63) is 29.0 Å². The smallest absolute Gasteiger partial charge is 0.123 e. The van der Waals surface area contributed by atoms with Gasteiger partial charge in [-0.05, 0) is 30.3 Å². The van der Waals surface area contributed by atoms with Crippen LogP contribution in [0.4, 0.5) is 5.69 Å². The van der Waals surface area contributed by atoms with Crippen LogP contribution in [0.15, 0.2) is 28.4 Å². The van der Waals surface area contributed by atoms with Crippen LogP contribution in [0.1, 0.15) is 19.0 Å². The maximum atomic E-state index is 6.11. The van der Waals surface area contributed by atoms with E-state index < -0.39 is 0 Å². The summed E-state index contributed by atoms with van der Waals surface area (Å²) in [6.07, 6.45) is 3.56. The van der Waals surface area contributed by atoms with Crippen molar-refractivity contribution >= 4 is 29.1 Å². The molecular formula is C12H15ClN4S. The van der Waals surface area contributed by atoms with E-state index in [-0.39, 0.29) is 0 Å². The molecule has 2 aromatic heterocycles. The molecule has 2 rings (SSSR count). The highest BCUT2D eigenvalue weighted by atomic mass is 35.5. The fraction of sp³-hybridized carbons (Fsp3) is 0.333. The van der Waals surface area contributed by atoms with Crippen LogP contribution in [0.25, 0.3) is 0 Å². The number of aryl methyl sites for hydroxylation is 2. The normalized spacial score (nSPS) is 10.8. The minimum atomic E-state index is 0.629. The maximum Gasteiger partial charge on any atom is 0.123 e. The molecule has 0 amide bonds. The first-order valence-electron chi connectivity index (χ1n) is 5.72. The van der Waals surface area contributed by atoms with Gasteiger partial charge in [-0.2, -0.15) is 5.10 Å². The molecule has 0 saturated heterocycles. The number of nitrogens with zero attached hydrogens (tertiary/aromatic N) is 3. The molecule has 0 aliphatic heterocycles. The van der Waals surface area contributed by atoms with Crippen molar-refractivity contribution in [2.24, 2.45) is 7.05 Å². The zero-order valence-corrected chi connectivity index (χ0v) is 11.9. The van der Waals surface area contributed by atoms with Gasteiger partial charge in [0.05, 0.1) is 16.4 Å². The highest BCUT2D eigenvalue weighted by Crippen LogP contribution is 2.33. The van der Waals surface area contributed by atoms with Crippen molar-refractivity contribution < 1.29 is 0 Å². The molecule has 0 aliphatic rings. The fourth-order valence-electron chi connectivity index (χ4n) is 1.64. The summed E-state index contributed by atoms with van der Waals surface area (Å²) < 4.78 is 1.81. The average molecular weight is 283 g/mol. The second-order valence-electron chi connectivity index (χ2n) is 3.96. The van der Waals surface area contributed by atoms with Crippen LogP contribution in [0.5, 0.6) is 0 Å². The van der Waals surface area contributed by atoms with E-state index in [4.69, 9.17) is 17.3 Å². The zero-order chi connectivity index (χ0) is 13.1. The van der Waals surface area contributed by atoms with E-state index in [1.165, 1.54) is 11.8 Å². The Morgan fingerprint density at radius 1 is 1.44 bits per heavy atom. The molecule has 0 bridgehead atoms. The summed E-state index contributed by atoms with van der Waals surface area (Å²) in [4.78, 5) is 4.25. The fourth-order valence-corrected chi connectivity index (χ4v) is 2.59. The molecule has 0 atom stereocenters. The van der Waals surface area contributed by atoms with Gasteiger partial charge in [0.1, 0.15) is 10.1 Å². The molecule has 2 heterocycles. The second-order valence-corrected chi connectivity index (χ2v) is 5.40. The van der Waals surface area contributed by atoms with Crippen molar-refractivity contribution in [1.82, 2.24) is 14.8 Å². The van der Waals surface area contributed by atoms with Crippen LogP contribution in [0, 0.1) is 0 Å². The maximum absolute atomic E-state index is 6.11. The minimum absolute atomic E-state index is 0.629. The van der Waals surface area contributed by atoms with Gasteiger partial charge in [0, 0.05) is 13.2 Å². The number of nitrogens with two attached hydrogens (primary N) is 1. The van der Waals surface area contributed by atoms with E-state index in [2.05, 4.69) is 17.0 Å². The molecule has 2 N–H and O–H groups in total. The summed E-state index contributed by atoms with van der Waals surface area (Å²) in [7, 11) is 1.90. The van der Waals surface area contributed by atoms with Crippen molar-refractivity contribution in [2.45, 2.75) is 29.8 Å². The summed E-state index contributed by atoms with van der Waals surface area (Å²) in [6.45, 7) is 2.11. The van der Waals surface area contributed by atoms with Crippen LogP contribution in [-0.2, 0) is 13.5 Å². The highest BCUT2D eigenvalue weighted by molar-refractivity contribution is 7.99. The number of nitrogen functional groups attached to an aromatic ring is 1. The SMILES string of the molecule is CCCc1nn(C)c(Sc2ccc(Cl)cn2)c1N. The number of halogens is 1. The van der Waals surface area contributed by atoms with Crippen LogP contribution in [-0.4, -0.2) is 14.8 Å². The molecule has 0 saturated carbocycles. The van der Waals surface area contributed by atoms with Gasteiger partial charge in [-0.3, -0.25) is 4.68 Å². The van der Waals surface area contributed by atoms with E-state index in [1.54, 1.807) is 10.9 Å². The van der Waals surface area contributed by atoms with Gasteiger partial charge < -0.3 is 5.73 Å². The largest absolute Gasteiger partial charge is 0.395 e. The van der Waals surface area contributed by atoms with Crippen LogP contribution >= 0.6 is 23.4 Å². The first-order valence-corrected chi connectivity index (χ1v) is 6.92. The third-order valence-corrected chi connectivity index (χ3v) is 3.85. The molecule has 0 unspecified atom stereocenters. The van der Waals surface area contributed by atoms with E-state index in [9.17, 15) is 0 Å². The first kappa shape index (κ1) is 13.2. The quantitative estimate of drug-likeness (QED) is 0.936. The molecular weight excluding hydrogens is 268 g/mol. The van der Waals surface area contributed by atoms with Gasteiger partial charge in [0.25, 0.3) is 0 Å². The highest BCUT2D eigenvalue weighted by Gasteiger charge is 2.14. The minimum Gasteiger partial charge on any atom is -0.395 e. The number of aromatic nitrogens is 3. The van der Waals surface area contributed by atoms with Crippen molar-refractivity contribution in [3.8, 4) is 0 Å². The van der Waals surface area contributed by atoms with E-state index in [1.807, 2.05) is 19.2 Å². The Hall–Kier alpha value is -1.20. The number of rotatable bonds is 4. The molecule has 4 nitrogen and oxygen atoms in total.